The SMILES string of the molecule is O=C(C1CCCN1C(=O)C1CC1)N1CCCC1CO. The van der Waals surface area contributed by atoms with E-state index in [1.165, 1.54) is 0 Å². The highest BCUT2D eigenvalue weighted by Gasteiger charge is 2.43. The third-order valence-corrected chi connectivity index (χ3v) is 4.62. The number of likely N-dealkylation sites (tertiary alicyclic amines) is 2. The third-order valence-electron chi connectivity index (χ3n) is 4.62. The Morgan fingerprint density at radius 1 is 0.947 bits per heavy atom. The van der Waals surface area contributed by atoms with Crippen molar-refractivity contribution in [2.75, 3.05) is 19.7 Å². The number of aliphatic hydroxyl groups is 1. The molecule has 1 aliphatic carbocycles. The standard InChI is InChI=1S/C14H22N2O3/c17-9-11-3-1-7-15(11)14(19)12-4-2-8-16(12)13(18)10-5-6-10/h10-12,17H,1-9H2. The van der Waals surface area contributed by atoms with Crippen LogP contribution in [0, 0.1) is 5.92 Å². The van der Waals surface area contributed by atoms with Crippen LogP contribution in [-0.4, -0.2) is 58.5 Å². The van der Waals surface area contributed by atoms with Gasteiger partial charge in [-0.2, -0.15) is 0 Å². The zero-order valence-corrected chi connectivity index (χ0v) is 11.3. The van der Waals surface area contributed by atoms with Gasteiger partial charge in [0.15, 0.2) is 0 Å². The van der Waals surface area contributed by atoms with Crippen LogP contribution in [0.3, 0.4) is 0 Å². The second kappa shape index (κ2) is 5.12. The molecule has 5 nitrogen and oxygen atoms in total. The van der Waals surface area contributed by atoms with E-state index >= 15 is 0 Å². The number of carbonyl (C=O) groups excluding carboxylic acids is 2. The molecule has 0 aromatic rings. The Bertz CT molecular complexity index is 381. The van der Waals surface area contributed by atoms with Gasteiger partial charge in [-0.05, 0) is 38.5 Å². The van der Waals surface area contributed by atoms with Gasteiger partial charge < -0.3 is 14.9 Å². The quantitative estimate of drug-likeness (QED) is 0.803. The minimum absolute atomic E-state index is 0.0361. The Labute approximate surface area is 113 Å². The lowest BCUT2D eigenvalue weighted by Gasteiger charge is -2.30. The molecule has 0 aromatic heterocycles. The molecule has 0 radical (unpaired) electrons. The molecule has 2 aliphatic heterocycles. The molecule has 5 heteroatoms. The number of rotatable bonds is 3. The van der Waals surface area contributed by atoms with Crippen LogP contribution in [0.5, 0.6) is 0 Å². The molecule has 0 bridgehead atoms. The second-order valence-electron chi connectivity index (χ2n) is 5.97. The van der Waals surface area contributed by atoms with Crippen LogP contribution < -0.4 is 0 Å². The van der Waals surface area contributed by atoms with E-state index in [-0.39, 0.29) is 36.4 Å². The smallest absolute Gasteiger partial charge is 0.245 e. The first-order chi connectivity index (χ1) is 9.22. The van der Waals surface area contributed by atoms with Gasteiger partial charge in [0.25, 0.3) is 0 Å². The van der Waals surface area contributed by atoms with Crippen LogP contribution in [0.15, 0.2) is 0 Å². The van der Waals surface area contributed by atoms with Crippen molar-refractivity contribution in [1.82, 2.24) is 9.80 Å². The van der Waals surface area contributed by atoms with Crippen LogP contribution in [0.4, 0.5) is 0 Å². The summed E-state index contributed by atoms with van der Waals surface area (Å²) in [7, 11) is 0. The first-order valence-corrected chi connectivity index (χ1v) is 7.44. The molecule has 19 heavy (non-hydrogen) atoms. The number of carbonyl (C=O) groups is 2. The molecule has 2 saturated heterocycles. The maximum Gasteiger partial charge on any atom is 0.245 e. The predicted octanol–water partition coefficient (Wildman–Crippen LogP) is 0.371. The van der Waals surface area contributed by atoms with Crippen LogP contribution in [-0.2, 0) is 9.59 Å². The maximum absolute atomic E-state index is 12.6. The Kier molecular flexibility index (Phi) is 3.48. The highest BCUT2D eigenvalue weighted by atomic mass is 16.3. The van der Waals surface area contributed by atoms with Crippen molar-refractivity contribution in [3.63, 3.8) is 0 Å². The fourth-order valence-corrected chi connectivity index (χ4v) is 3.36. The highest BCUT2D eigenvalue weighted by molar-refractivity contribution is 5.90. The molecule has 0 aromatic carbocycles. The van der Waals surface area contributed by atoms with E-state index in [1.54, 1.807) is 9.80 Å². The summed E-state index contributed by atoms with van der Waals surface area (Å²) < 4.78 is 0. The number of aliphatic hydroxyl groups excluding tert-OH is 1. The molecule has 3 aliphatic rings. The van der Waals surface area contributed by atoms with Gasteiger partial charge in [-0.15, -0.1) is 0 Å². The van der Waals surface area contributed by atoms with E-state index in [0.717, 1.165) is 51.6 Å². The second-order valence-corrected chi connectivity index (χ2v) is 5.97. The van der Waals surface area contributed by atoms with E-state index in [4.69, 9.17) is 0 Å². The first kappa shape index (κ1) is 12.9. The fraction of sp³-hybridized carbons (Fsp3) is 0.857. The van der Waals surface area contributed by atoms with Gasteiger partial charge in [-0.25, -0.2) is 0 Å². The van der Waals surface area contributed by atoms with Gasteiger partial charge in [0, 0.05) is 19.0 Å². The number of nitrogens with zero attached hydrogens (tertiary/aromatic N) is 2. The average molecular weight is 266 g/mol. The van der Waals surface area contributed by atoms with Crippen LogP contribution in [0.2, 0.25) is 0 Å². The Morgan fingerprint density at radius 3 is 2.32 bits per heavy atom. The van der Waals surface area contributed by atoms with Crippen molar-refractivity contribution in [3.05, 3.63) is 0 Å². The summed E-state index contributed by atoms with van der Waals surface area (Å²) in [4.78, 5) is 28.4. The van der Waals surface area contributed by atoms with E-state index in [1.807, 2.05) is 0 Å². The van der Waals surface area contributed by atoms with Gasteiger partial charge in [-0.1, -0.05) is 0 Å². The van der Waals surface area contributed by atoms with Gasteiger partial charge in [0.1, 0.15) is 6.04 Å². The van der Waals surface area contributed by atoms with Crippen molar-refractivity contribution in [2.45, 2.75) is 50.6 Å². The molecule has 2 amide bonds. The Balaban J connectivity index is 1.69. The number of hydrogen-bond donors (Lipinski definition) is 1. The normalized spacial score (nSPS) is 31.0. The number of hydrogen-bond acceptors (Lipinski definition) is 3. The predicted molar refractivity (Wildman–Crippen MR) is 69.3 cm³/mol. The van der Waals surface area contributed by atoms with Crippen molar-refractivity contribution in [3.8, 4) is 0 Å². The molecule has 2 atom stereocenters. The van der Waals surface area contributed by atoms with Crippen molar-refractivity contribution >= 4 is 11.8 Å². The first-order valence-electron chi connectivity index (χ1n) is 7.44. The third kappa shape index (κ3) is 2.36. The lowest BCUT2D eigenvalue weighted by Crippen LogP contribution is -2.50. The topological polar surface area (TPSA) is 60.9 Å². The molecule has 3 fully saturated rings. The maximum atomic E-state index is 12.6. The molecular formula is C14H22N2O3. The van der Waals surface area contributed by atoms with Gasteiger partial charge >= 0.3 is 0 Å². The summed E-state index contributed by atoms with van der Waals surface area (Å²) in [6, 6.07) is -0.300. The lowest BCUT2D eigenvalue weighted by atomic mass is 10.1. The van der Waals surface area contributed by atoms with E-state index in [0.29, 0.717) is 0 Å². The van der Waals surface area contributed by atoms with Crippen LogP contribution in [0.25, 0.3) is 0 Å². The zero-order valence-electron chi connectivity index (χ0n) is 11.3. The summed E-state index contributed by atoms with van der Waals surface area (Å²) in [5, 5.41) is 9.33. The largest absolute Gasteiger partial charge is 0.394 e. The van der Waals surface area contributed by atoms with Crippen molar-refractivity contribution in [1.29, 1.82) is 0 Å². The molecule has 1 N–H and O–H groups in total. The summed E-state index contributed by atoms with van der Waals surface area (Å²) in [5.74, 6) is 0.416. The van der Waals surface area contributed by atoms with Crippen LogP contribution in [0.1, 0.15) is 38.5 Å². The lowest BCUT2D eigenvalue weighted by molar-refractivity contribution is -0.145. The minimum Gasteiger partial charge on any atom is -0.394 e. The van der Waals surface area contributed by atoms with Crippen molar-refractivity contribution in [2.24, 2.45) is 5.92 Å². The number of amides is 2. The molecule has 2 unspecified atom stereocenters. The zero-order chi connectivity index (χ0) is 13.4. The summed E-state index contributed by atoms with van der Waals surface area (Å²) >= 11 is 0. The van der Waals surface area contributed by atoms with E-state index < -0.39 is 0 Å². The molecule has 106 valence electrons. The molecule has 2 heterocycles. The summed E-state index contributed by atoms with van der Waals surface area (Å²) in [6.45, 7) is 1.49. The molecule has 0 spiro atoms. The van der Waals surface area contributed by atoms with E-state index in [9.17, 15) is 14.7 Å². The molecule has 1 saturated carbocycles. The van der Waals surface area contributed by atoms with Gasteiger partial charge in [0.05, 0.1) is 12.6 Å². The van der Waals surface area contributed by atoms with Crippen molar-refractivity contribution < 1.29 is 14.7 Å². The fourth-order valence-electron chi connectivity index (χ4n) is 3.36. The Morgan fingerprint density at radius 2 is 1.63 bits per heavy atom. The van der Waals surface area contributed by atoms with Gasteiger partial charge in [-0.3, -0.25) is 9.59 Å². The summed E-state index contributed by atoms with van der Waals surface area (Å²) in [6.07, 6.45) is 5.52. The minimum atomic E-state index is -0.264. The monoisotopic (exact) mass is 266 g/mol. The van der Waals surface area contributed by atoms with Crippen LogP contribution >= 0.6 is 0 Å². The molecular weight excluding hydrogens is 244 g/mol. The summed E-state index contributed by atoms with van der Waals surface area (Å²) in [5.41, 5.74) is 0. The van der Waals surface area contributed by atoms with Gasteiger partial charge in [0.2, 0.25) is 11.8 Å². The highest BCUT2D eigenvalue weighted by Crippen LogP contribution is 2.34. The Hall–Kier alpha value is -1.10. The van der Waals surface area contributed by atoms with E-state index in [2.05, 4.69) is 0 Å². The molecule has 3 rings (SSSR count). The average Bonchev–Trinajstić information content (AvgIpc) is 2.98.